The van der Waals surface area contributed by atoms with Gasteiger partial charge < -0.3 is 10.6 Å². The lowest BCUT2D eigenvalue weighted by atomic mass is 10.1. The van der Waals surface area contributed by atoms with Crippen LogP contribution in [0.15, 0.2) is 91.3 Å². The van der Waals surface area contributed by atoms with E-state index in [2.05, 4.69) is 32.7 Å². The summed E-state index contributed by atoms with van der Waals surface area (Å²) in [6.45, 7) is 3.22. The number of hydrogen-bond acceptors (Lipinski definition) is 4. The maximum absolute atomic E-state index is 12.4. The first-order valence-corrected chi connectivity index (χ1v) is 10.2. The van der Waals surface area contributed by atoms with E-state index in [-0.39, 0.29) is 5.91 Å². The molecule has 0 aliphatic heterocycles. The Kier molecular flexibility index (Phi) is 6.33. The molecule has 0 aliphatic carbocycles. The highest BCUT2D eigenvalue weighted by molar-refractivity contribution is 5.94. The zero-order chi connectivity index (χ0) is 21.5. The van der Waals surface area contributed by atoms with Crippen molar-refractivity contribution >= 4 is 11.9 Å². The van der Waals surface area contributed by atoms with Gasteiger partial charge in [-0.3, -0.25) is 4.79 Å². The largest absolute Gasteiger partial charge is 0.350 e. The average molecular weight is 409 g/mol. The van der Waals surface area contributed by atoms with Gasteiger partial charge in [0.1, 0.15) is 0 Å². The fraction of sp³-hybridized carbons (Fsp3) is 0.115. The molecule has 3 aromatic carbocycles. The molecule has 0 atom stereocenters. The summed E-state index contributed by atoms with van der Waals surface area (Å²) < 4.78 is 0. The molecule has 5 nitrogen and oxygen atoms in total. The third kappa shape index (κ3) is 5.54. The quantitative estimate of drug-likeness (QED) is 0.452. The number of nitrogens with one attached hydrogen (secondary N) is 2. The maximum Gasteiger partial charge on any atom is 0.251 e. The van der Waals surface area contributed by atoms with Crippen LogP contribution in [0, 0.1) is 6.92 Å². The van der Waals surface area contributed by atoms with Gasteiger partial charge in [-0.1, -0.05) is 72.3 Å². The first kappa shape index (κ1) is 20.3. The van der Waals surface area contributed by atoms with Gasteiger partial charge in [-0.15, -0.1) is 0 Å². The molecule has 0 aliphatic rings. The number of aromatic nitrogens is 2. The van der Waals surface area contributed by atoms with E-state index in [0.29, 0.717) is 24.6 Å². The monoisotopic (exact) mass is 408 g/mol. The second kappa shape index (κ2) is 9.67. The number of benzene rings is 3. The molecule has 2 N–H and O–H groups in total. The molecule has 0 saturated heterocycles. The van der Waals surface area contributed by atoms with Crippen LogP contribution in [0.25, 0.3) is 11.1 Å². The summed E-state index contributed by atoms with van der Waals surface area (Å²) in [4.78, 5) is 21.2. The van der Waals surface area contributed by atoms with E-state index in [0.717, 1.165) is 16.7 Å². The van der Waals surface area contributed by atoms with Gasteiger partial charge in [-0.2, -0.15) is 0 Å². The van der Waals surface area contributed by atoms with Crippen LogP contribution in [0.5, 0.6) is 0 Å². The lowest BCUT2D eigenvalue weighted by Gasteiger charge is -2.08. The van der Waals surface area contributed by atoms with Gasteiger partial charge in [-0.25, -0.2) is 9.97 Å². The van der Waals surface area contributed by atoms with Crippen molar-refractivity contribution in [1.29, 1.82) is 0 Å². The highest BCUT2D eigenvalue weighted by Crippen LogP contribution is 2.19. The minimum atomic E-state index is -0.0937. The third-order valence-electron chi connectivity index (χ3n) is 5.00. The Balaban J connectivity index is 1.33. The topological polar surface area (TPSA) is 66.9 Å². The highest BCUT2D eigenvalue weighted by atomic mass is 16.1. The average Bonchev–Trinajstić information content (AvgIpc) is 2.83. The lowest BCUT2D eigenvalue weighted by molar-refractivity contribution is 0.0951. The third-order valence-corrected chi connectivity index (χ3v) is 5.00. The number of carbonyl (C=O) groups is 1. The van der Waals surface area contributed by atoms with Crippen LogP contribution in [0.3, 0.4) is 0 Å². The van der Waals surface area contributed by atoms with Crippen molar-refractivity contribution in [3.63, 3.8) is 0 Å². The molecule has 0 fully saturated rings. The Hall–Kier alpha value is -3.99. The maximum atomic E-state index is 12.4. The second-order valence-electron chi connectivity index (χ2n) is 7.38. The van der Waals surface area contributed by atoms with E-state index in [1.165, 1.54) is 11.1 Å². The molecule has 0 radical (unpaired) electrons. The summed E-state index contributed by atoms with van der Waals surface area (Å²) >= 11 is 0. The smallest absolute Gasteiger partial charge is 0.251 e. The highest BCUT2D eigenvalue weighted by Gasteiger charge is 2.07. The molecular formula is C26H24N4O. The molecule has 154 valence electrons. The Morgan fingerprint density at radius 3 is 2.06 bits per heavy atom. The van der Waals surface area contributed by atoms with Crippen LogP contribution >= 0.6 is 0 Å². The van der Waals surface area contributed by atoms with Crippen LogP contribution < -0.4 is 10.6 Å². The molecule has 1 amide bonds. The zero-order valence-corrected chi connectivity index (χ0v) is 17.4. The van der Waals surface area contributed by atoms with E-state index in [1.54, 1.807) is 12.4 Å². The van der Waals surface area contributed by atoms with Crippen molar-refractivity contribution in [3.8, 4) is 11.1 Å². The van der Waals surface area contributed by atoms with E-state index in [9.17, 15) is 4.79 Å². The standard InChI is InChI=1S/C26H24N4O/c1-19-7-9-21(10-8-19)15-27-25(31)23-13-11-22(12-14-23)24-17-29-26(30-18-24)28-16-20-5-3-2-4-6-20/h2-14,17-18H,15-16H2,1H3,(H,27,31)(H,28,29,30). The van der Waals surface area contributed by atoms with Crippen LogP contribution in [-0.2, 0) is 13.1 Å². The molecule has 1 aromatic heterocycles. The number of nitrogens with zero attached hydrogens (tertiary/aromatic N) is 2. The lowest BCUT2D eigenvalue weighted by Crippen LogP contribution is -2.22. The molecule has 5 heteroatoms. The number of hydrogen-bond donors (Lipinski definition) is 2. The van der Waals surface area contributed by atoms with Crippen molar-refractivity contribution in [2.45, 2.75) is 20.0 Å². The Morgan fingerprint density at radius 2 is 1.39 bits per heavy atom. The van der Waals surface area contributed by atoms with Gasteiger partial charge in [0.05, 0.1) is 0 Å². The minimum absolute atomic E-state index is 0.0937. The molecule has 1 heterocycles. The Bertz CT molecular complexity index is 1120. The minimum Gasteiger partial charge on any atom is -0.350 e. The molecule has 0 bridgehead atoms. The van der Waals surface area contributed by atoms with Gasteiger partial charge in [0.25, 0.3) is 5.91 Å². The predicted molar refractivity (Wildman–Crippen MR) is 124 cm³/mol. The molecule has 0 saturated carbocycles. The molecule has 31 heavy (non-hydrogen) atoms. The van der Waals surface area contributed by atoms with E-state index >= 15 is 0 Å². The van der Waals surface area contributed by atoms with Crippen molar-refractivity contribution in [2.75, 3.05) is 5.32 Å². The summed E-state index contributed by atoms with van der Waals surface area (Å²) in [6, 6.07) is 25.7. The zero-order valence-electron chi connectivity index (χ0n) is 17.4. The number of amides is 1. The van der Waals surface area contributed by atoms with E-state index in [4.69, 9.17) is 0 Å². The van der Waals surface area contributed by atoms with E-state index in [1.807, 2.05) is 73.7 Å². The molecule has 4 rings (SSSR count). The first-order valence-electron chi connectivity index (χ1n) is 10.2. The molecular weight excluding hydrogens is 384 g/mol. The van der Waals surface area contributed by atoms with Gasteiger partial charge in [0.2, 0.25) is 5.95 Å². The van der Waals surface area contributed by atoms with Gasteiger partial charge in [0.15, 0.2) is 0 Å². The van der Waals surface area contributed by atoms with Crippen LogP contribution in [0.2, 0.25) is 0 Å². The number of carbonyl (C=O) groups excluding carboxylic acids is 1. The molecule has 0 spiro atoms. The number of anilines is 1. The van der Waals surface area contributed by atoms with Gasteiger partial charge >= 0.3 is 0 Å². The Labute approximate surface area is 182 Å². The summed E-state index contributed by atoms with van der Waals surface area (Å²) in [5.41, 5.74) is 5.94. The van der Waals surface area contributed by atoms with Crippen LogP contribution in [0.4, 0.5) is 5.95 Å². The normalized spacial score (nSPS) is 10.5. The molecule has 4 aromatic rings. The molecule has 0 unspecified atom stereocenters. The van der Waals surface area contributed by atoms with Crippen molar-refractivity contribution in [1.82, 2.24) is 15.3 Å². The summed E-state index contributed by atoms with van der Waals surface area (Å²) in [6.07, 6.45) is 3.57. The fourth-order valence-electron chi connectivity index (χ4n) is 3.15. The summed E-state index contributed by atoms with van der Waals surface area (Å²) in [5.74, 6) is 0.489. The van der Waals surface area contributed by atoms with Crippen LogP contribution in [0.1, 0.15) is 27.0 Å². The van der Waals surface area contributed by atoms with Gasteiger partial charge in [-0.05, 0) is 35.7 Å². The predicted octanol–water partition coefficient (Wildman–Crippen LogP) is 4.99. The van der Waals surface area contributed by atoms with E-state index < -0.39 is 0 Å². The summed E-state index contributed by atoms with van der Waals surface area (Å²) in [5, 5.41) is 6.18. The van der Waals surface area contributed by atoms with Crippen LogP contribution in [-0.4, -0.2) is 15.9 Å². The van der Waals surface area contributed by atoms with Crippen molar-refractivity contribution < 1.29 is 4.79 Å². The Morgan fingerprint density at radius 1 is 0.742 bits per heavy atom. The van der Waals surface area contributed by atoms with Crippen molar-refractivity contribution in [3.05, 3.63) is 114 Å². The first-order chi connectivity index (χ1) is 15.2. The number of rotatable bonds is 7. The SMILES string of the molecule is Cc1ccc(CNC(=O)c2ccc(-c3cnc(NCc4ccccc4)nc3)cc2)cc1. The fourth-order valence-corrected chi connectivity index (χ4v) is 3.15. The number of aryl methyl sites for hydroxylation is 1. The second-order valence-corrected chi connectivity index (χ2v) is 7.38. The van der Waals surface area contributed by atoms with Gasteiger partial charge in [0, 0.05) is 36.6 Å². The van der Waals surface area contributed by atoms with Crippen molar-refractivity contribution in [2.24, 2.45) is 0 Å². The summed E-state index contributed by atoms with van der Waals surface area (Å²) in [7, 11) is 0.